The highest BCUT2D eigenvalue weighted by molar-refractivity contribution is 7.92. The van der Waals surface area contributed by atoms with Crippen molar-refractivity contribution in [1.82, 2.24) is 4.90 Å². The molecule has 2 aromatic carbocycles. The molecule has 0 aromatic heterocycles. The van der Waals surface area contributed by atoms with E-state index in [1.54, 1.807) is 42.5 Å². The van der Waals surface area contributed by atoms with Crippen LogP contribution in [0.3, 0.4) is 0 Å². The second kappa shape index (κ2) is 7.27. The fraction of sp³-hybridized carbons (Fsp3) is 0.316. The zero-order chi connectivity index (χ0) is 17.9. The van der Waals surface area contributed by atoms with Gasteiger partial charge in [-0.3, -0.25) is 9.52 Å². The number of nitrogens with zero attached hydrogens (tertiary/aromatic N) is 1. The van der Waals surface area contributed by atoms with Crippen LogP contribution in [0.15, 0.2) is 59.5 Å². The summed E-state index contributed by atoms with van der Waals surface area (Å²) >= 11 is 0. The van der Waals surface area contributed by atoms with E-state index in [0.29, 0.717) is 17.2 Å². The molecule has 1 heterocycles. The Bertz CT molecular complexity index is 842. The number of likely N-dealkylation sites (tertiary alicyclic amines) is 1. The van der Waals surface area contributed by atoms with Gasteiger partial charge in [-0.15, -0.1) is 0 Å². The third-order valence-electron chi connectivity index (χ3n) is 4.49. The maximum absolute atomic E-state index is 12.6. The highest BCUT2D eigenvalue weighted by atomic mass is 32.2. The molecule has 25 heavy (non-hydrogen) atoms. The number of carbonyl (C=O) groups excluding carboxylic acids is 1. The van der Waals surface area contributed by atoms with Crippen LogP contribution in [0, 0.1) is 5.92 Å². The molecule has 132 valence electrons. The maximum atomic E-state index is 12.6. The maximum Gasteiger partial charge on any atom is 0.261 e. The van der Waals surface area contributed by atoms with Crippen LogP contribution in [-0.2, 0) is 10.0 Å². The predicted octanol–water partition coefficient (Wildman–Crippen LogP) is 3.36. The molecule has 0 radical (unpaired) electrons. The molecule has 0 unspecified atom stereocenters. The molecule has 1 aliphatic heterocycles. The van der Waals surface area contributed by atoms with E-state index >= 15 is 0 Å². The first-order valence-corrected chi connectivity index (χ1v) is 9.91. The summed E-state index contributed by atoms with van der Waals surface area (Å²) in [4.78, 5) is 14.7. The summed E-state index contributed by atoms with van der Waals surface area (Å²) in [5.41, 5.74) is 0.892. The third kappa shape index (κ3) is 4.20. The summed E-state index contributed by atoms with van der Waals surface area (Å²) in [6.45, 7) is 3.70. The van der Waals surface area contributed by atoms with Crippen LogP contribution >= 0.6 is 0 Å². The molecule has 1 saturated heterocycles. The lowest BCUT2D eigenvalue weighted by Gasteiger charge is -2.30. The van der Waals surface area contributed by atoms with Crippen molar-refractivity contribution in [3.63, 3.8) is 0 Å². The van der Waals surface area contributed by atoms with Gasteiger partial charge in [0.25, 0.3) is 15.9 Å². The van der Waals surface area contributed by atoms with E-state index in [9.17, 15) is 13.2 Å². The van der Waals surface area contributed by atoms with E-state index in [-0.39, 0.29) is 10.8 Å². The van der Waals surface area contributed by atoms with Gasteiger partial charge in [0.2, 0.25) is 0 Å². The first kappa shape index (κ1) is 17.5. The molecule has 1 fully saturated rings. The molecule has 0 aliphatic carbocycles. The van der Waals surface area contributed by atoms with Crippen LogP contribution in [0.5, 0.6) is 0 Å². The number of carbonyl (C=O) groups is 1. The van der Waals surface area contributed by atoms with Crippen molar-refractivity contribution in [2.24, 2.45) is 5.92 Å². The molecule has 5 nitrogen and oxygen atoms in total. The van der Waals surface area contributed by atoms with Gasteiger partial charge in [0.15, 0.2) is 0 Å². The normalized spacial score (nSPS) is 15.8. The summed E-state index contributed by atoms with van der Waals surface area (Å²) in [6.07, 6.45) is 2.01. The molecular formula is C19H22N2O3S. The van der Waals surface area contributed by atoms with Gasteiger partial charge in [-0.25, -0.2) is 8.42 Å². The Morgan fingerprint density at radius 3 is 2.40 bits per heavy atom. The average molecular weight is 358 g/mol. The monoisotopic (exact) mass is 358 g/mol. The first-order valence-electron chi connectivity index (χ1n) is 8.43. The molecule has 0 spiro atoms. The van der Waals surface area contributed by atoms with Crippen LogP contribution in [0.4, 0.5) is 5.69 Å². The van der Waals surface area contributed by atoms with E-state index in [1.165, 1.54) is 12.1 Å². The number of hydrogen-bond acceptors (Lipinski definition) is 3. The highest BCUT2D eigenvalue weighted by Crippen LogP contribution is 2.21. The van der Waals surface area contributed by atoms with Crippen molar-refractivity contribution in [2.45, 2.75) is 24.7 Å². The van der Waals surface area contributed by atoms with Gasteiger partial charge >= 0.3 is 0 Å². The van der Waals surface area contributed by atoms with Gasteiger partial charge < -0.3 is 4.90 Å². The number of nitrogens with one attached hydrogen (secondary N) is 1. The fourth-order valence-electron chi connectivity index (χ4n) is 2.92. The zero-order valence-corrected chi connectivity index (χ0v) is 15.0. The van der Waals surface area contributed by atoms with Gasteiger partial charge in [-0.2, -0.15) is 0 Å². The molecule has 6 heteroatoms. The summed E-state index contributed by atoms with van der Waals surface area (Å²) in [5, 5.41) is 0. The summed E-state index contributed by atoms with van der Waals surface area (Å²) in [7, 11) is -3.66. The minimum absolute atomic E-state index is 0.0485. The lowest BCUT2D eigenvalue weighted by molar-refractivity contribution is 0.0697. The second-order valence-electron chi connectivity index (χ2n) is 6.47. The largest absolute Gasteiger partial charge is 0.339 e. The van der Waals surface area contributed by atoms with Gasteiger partial charge in [0.05, 0.1) is 4.90 Å². The van der Waals surface area contributed by atoms with Crippen molar-refractivity contribution in [3.05, 3.63) is 60.2 Å². The van der Waals surface area contributed by atoms with Gasteiger partial charge in [-0.05, 0) is 49.1 Å². The number of amides is 1. The smallest absolute Gasteiger partial charge is 0.261 e. The minimum Gasteiger partial charge on any atom is -0.339 e. The summed E-state index contributed by atoms with van der Waals surface area (Å²) < 4.78 is 27.4. The Morgan fingerprint density at radius 2 is 1.72 bits per heavy atom. The minimum atomic E-state index is -3.66. The molecule has 0 bridgehead atoms. The van der Waals surface area contributed by atoms with E-state index < -0.39 is 10.0 Å². The second-order valence-corrected chi connectivity index (χ2v) is 8.16. The third-order valence-corrected chi connectivity index (χ3v) is 5.88. The van der Waals surface area contributed by atoms with Crippen LogP contribution in [0.1, 0.15) is 30.1 Å². The number of piperidine rings is 1. The highest BCUT2D eigenvalue weighted by Gasteiger charge is 2.22. The average Bonchev–Trinajstić information content (AvgIpc) is 2.62. The Hall–Kier alpha value is -2.34. The standard InChI is InChI=1S/C19H22N2O3S/c1-15-10-12-21(13-11-15)19(22)16-6-5-7-17(14-16)20-25(23,24)18-8-3-2-4-9-18/h2-9,14-15,20H,10-13H2,1H3. The molecule has 0 saturated carbocycles. The van der Waals surface area contributed by atoms with Crippen molar-refractivity contribution >= 4 is 21.6 Å². The number of rotatable bonds is 4. The molecule has 0 atom stereocenters. The summed E-state index contributed by atoms with van der Waals surface area (Å²) in [6, 6.07) is 14.8. The molecule has 3 rings (SSSR count). The number of hydrogen-bond donors (Lipinski definition) is 1. The first-order chi connectivity index (χ1) is 12.0. The summed E-state index contributed by atoms with van der Waals surface area (Å²) in [5.74, 6) is 0.598. The molecular weight excluding hydrogens is 336 g/mol. The Kier molecular flexibility index (Phi) is 5.08. The lowest BCUT2D eigenvalue weighted by Crippen LogP contribution is -2.37. The number of anilines is 1. The van der Waals surface area contributed by atoms with E-state index in [0.717, 1.165) is 25.9 Å². The lowest BCUT2D eigenvalue weighted by atomic mass is 9.98. The molecule has 1 aliphatic rings. The van der Waals surface area contributed by atoms with Gasteiger partial charge in [0, 0.05) is 24.3 Å². The van der Waals surface area contributed by atoms with Crippen molar-refractivity contribution in [1.29, 1.82) is 0 Å². The quantitative estimate of drug-likeness (QED) is 0.911. The number of benzene rings is 2. The van der Waals surface area contributed by atoms with Gasteiger partial charge in [0.1, 0.15) is 0 Å². The van der Waals surface area contributed by atoms with Gasteiger partial charge in [-0.1, -0.05) is 31.2 Å². The van der Waals surface area contributed by atoms with Crippen LogP contribution in [0.2, 0.25) is 0 Å². The van der Waals surface area contributed by atoms with Crippen molar-refractivity contribution in [3.8, 4) is 0 Å². The van der Waals surface area contributed by atoms with Crippen LogP contribution < -0.4 is 4.72 Å². The van der Waals surface area contributed by atoms with E-state index in [4.69, 9.17) is 0 Å². The zero-order valence-electron chi connectivity index (χ0n) is 14.2. The van der Waals surface area contributed by atoms with Crippen molar-refractivity contribution < 1.29 is 13.2 Å². The topological polar surface area (TPSA) is 66.5 Å². The van der Waals surface area contributed by atoms with Crippen molar-refractivity contribution in [2.75, 3.05) is 17.8 Å². The van der Waals surface area contributed by atoms with E-state index in [2.05, 4.69) is 11.6 Å². The molecule has 2 aromatic rings. The van der Waals surface area contributed by atoms with E-state index in [1.807, 2.05) is 4.90 Å². The van der Waals surface area contributed by atoms with Crippen LogP contribution in [-0.4, -0.2) is 32.3 Å². The fourth-order valence-corrected chi connectivity index (χ4v) is 3.99. The molecule has 1 N–H and O–H groups in total. The Morgan fingerprint density at radius 1 is 1.04 bits per heavy atom. The molecule has 1 amide bonds. The predicted molar refractivity (Wildman–Crippen MR) is 98.0 cm³/mol. The number of sulfonamides is 1. The SMILES string of the molecule is CC1CCN(C(=O)c2cccc(NS(=O)(=O)c3ccccc3)c2)CC1. The van der Waals surface area contributed by atoms with Crippen LogP contribution in [0.25, 0.3) is 0 Å². The Balaban J connectivity index is 1.77. The Labute approximate surface area is 148 Å².